The van der Waals surface area contributed by atoms with Crippen LogP contribution in [0.25, 0.3) is 0 Å². The van der Waals surface area contributed by atoms with Gasteiger partial charge in [0.05, 0.1) is 6.54 Å². The monoisotopic (exact) mass is 244 g/mol. The Labute approximate surface area is 85.8 Å². The van der Waals surface area contributed by atoms with Gasteiger partial charge in [-0.3, -0.25) is 0 Å². The van der Waals surface area contributed by atoms with E-state index in [0.29, 0.717) is 12.1 Å². The molecule has 1 heterocycles. The van der Waals surface area contributed by atoms with Gasteiger partial charge in [0.25, 0.3) is 0 Å². The summed E-state index contributed by atoms with van der Waals surface area (Å²) in [6.07, 6.45) is 2.17. The third kappa shape index (κ3) is 2.33. The molecule has 1 aromatic heterocycles. The van der Waals surface area contributed by atoms with E-state index in [1.54, 1.807) is 0 Å². The second kappa shape index (κ2) is 3.82. The van der Waals surface area contributed by atoms with Crippen LogP contribution in [0.1, 0.15) is 18.6 Å². The smallest absolute Gasteiger partial charge is 0.169 e. The molecule has 72 valence electrons. The molecule has 1 fully saturated rings. The zero-order valence-corrected chi connectivity index (χ0v) is 8.88. The molecule has 3 N–H and O–H groups in total. The molecule has 0 atom stereocenters. The van der Waals surface area contributed by atoms with Crippen LogP contribution in [0.3, 0.4) is 0 Å². The van der Waals surface area contributed by atoms with E-state index in [2.05, 4.69) is 21.2 Å². The molecule has 0 spiro atoms. The van der Waals surface area contributed by atoms with Crippen LogP contribution in [0, 0.1) is 0 Å². The molecule has 0 amide bonds. The Morgan fingerprint density at radius 3 is 2.85 bits per heavy atom. The first kappa shape index (κ1) is 9.24. The SMILES string of the molecule is NC1CC(NCc2ccc(Br)o2)C1. The van der Waals surface area contributed by atoms with Crippen LogP contribution in [0.2, 0.25) is 0 Å². The molecule has 4 heteroatoms. The molecule has 0 radical (unpaired) electrons. The minimum absolute atomic E-state index is 0.404. The van der Waals surface area contributed by atoms with E-state index in [9.17, 15) is 0 Å². The van der Waals surface area contributed by atoms with Crippen molar-refractivity contribution in [2.24, 2.45) is 5.73 Å². The Hall–Kier alpha value is -0.320. The number of hydrogen-bond acceptors (Lipinski definition) is 3. The molecular weight excluding hydrogens is 232 g/mol. The average molecular weight is 245 g/mol. The lowest BCUT2D eigenvalue weighted by Crippen LogP contribution is -2.48. The van der Waals surface area contributed by atoms with Crippen LogP contribution in [0.15, 0.2) is 21.2 Å². The topological polar surface area (TPSA) is 51.2 Å². The van der Waals surface area contributed by atoms with Crippen LogP contribution in [-0.2, 0) is 6.54 Å². The van der Waals surface area contributed by atoms with Crippen LogP contribution in [0.4, 0.5) is 0 Å². The fourth-order valence-electron chi connectivity index (χ4n) is 1.52. The van der Waals surface area contributed by atoms with Crippen molar-refractivity contribution >= 4 is 15.9 Å². The lowest BCUT2D eigenvalue weighted by Gasteiger charge is -2.32. The minimum Gasteiger partial charge on any atom is -0.453 e. The van der Waals surface area contributed by atoms with Gasteiger partial charge in [-0.2, -0.15) is 0 Å². The van der Waals surface area contributed by atoms with E-state index in [1.807, 2.05) is 12.1 Å². The number of halogens is 1. The van der Waals surface area contributed by atoms with E-state index in [4.69, 9.17) is 10.2 Å². The fraction of sp³-hybridized carbons (Fsp3) is 0.556. The number of nitrogens with two attached hydrogens (primary N) is 1. The predicted molar refractivity (Wildman–Crippen MR) is 54.2 cm³/mol. The molecule has 1 aliphatic rings. The first-order chi connectivity index (χ1) is 6.24. The highest BCUT2D eigenvalue weighted by Gasteiger charge is 2.25. The van der Waals surface area contributed by atoms with E-state index in [-0.39, 0.29) is 0 Å². The third-order valence-electron chi connectivity index (χ3n) is 2.37. The van der Waals surface area contributed by atoms with Crippen LogP contribution >= 0.6 is 15.9 Å². The second-order valence-electron chi connectivity index (χ2n) is 3.52. The Morgan fingerprint density at radius 2 is 2.31 bits per heavy atom. The highest BCUT2D eigenvalue weighted by molar-refractivity contribution is 9.10. The second-order valence-corrected chi connectivity index (χ2v) is 4.30. The van der Waals surface area contributed by atoms with Gasteiger partial charge in [0, 0.05) is 12.1 Å². The van der Waals surface area contributed by atoms with Crippen molar-refractivity contribution in [1.82, 2.24) is 5.32 Å². The predicted octanol–water partition coefficient (Wildman–Crippen LogP) is 1.62. The maximum atomic E-state index is 5.67. The van der Waals surface area contributed by atoms with Gasteiger partial charge in [-0.15, -0.1) is 0 Å². The van der Waals surface area contributed by atoms with Gasteiger partial charge in [-0.25, -0.2) is 0 Å². The van der Waals surface area contributed by atoms with E-state index in [0.717, 1.165) is 29.8 Å². The summed E-state index contributed by atoms with van der Waals surface area (Å²) in [6.45, 7) is 0.795. The van der Waals surface area contributed by atoms with Gasteiger partial charge in [-0.1, -0.05) is 0 Å². The number of rotatable bonds is 3. The van der Waals surface area contributed by atoms with Crippen molar-refractivity contribution in [3.8, 4) is 0 Å². The molecule has 0 aliphatic heterocycles. The molecule has 3 nitrogen and oxygen atoms in total. The molecule has 1 aromatic rings. The lowest BCUT2D eigenvalue weighted by atomic mass is 9.88. The minimum atomic E-state index is 0.404. The molecule has 13 heavy (non-hydrogen) atoms. The maximum Gasteiger partial charge on any atom is 0.169 e. The lowest BCUT2D eigenvalue weighted by molar-refractivity contribution is 0.282. The van der Waals surface area contributed by atoms with Crippen LogP contribution < -0.4 is 11.1 Å². The molecule has 1 aliphatic carbocycles. The van der Waals surface area contributed by atoms with Gasteiger partial charge in [0.2, 0.25) is 0 Å². The summed E-state index contributed by atoms with van der Waals surface area (Å²) in [5.41, 5.74) is 5.67. The van der Waals surface area contributed by atoms with Gasteiger partial charge in [0.15, 0.2) is 4.67 Å². The summed E-state index contributed by atoms with van der Waals surface area (Å²) < 4.78 is 6.14. The molecule has 0 bridgehead atoms. The molecule has 0 saturated heterocycles. The Kier molecular flexibility index (Phi) is 2.71. The first-order valence-corrected chi connectivity index (χ1v) is 5.26. The molecule has 0 unspecified atom stereocenters. The van der Waals surface area contributed by atoms with Crippen molar-refractivity contribution in [2.75, 3.05) is 0 Å². The quantitative estimate of drug-likeness (QED) is 0.850. The van der Waals surface area contributed by atoms with Gasteiger partial charge in [0.1, 0.15) is 5.76 Å². The first-order valence-electron chi connectivity index (χ1n) is 4.47. The van der Waals surface area contributed by atoms with Crippen LogP contribution in [0.5, 0.6) is 0 Å². The highest BCUT2D eigenvalue weighted by atomic mass is 79.9. The van der Waals surface area contributed by atoms with Gasteiger partial charge >= 0.3 is 0 Å². The van der Waals surface area contributed by atoms with Crippen molar-refractivity contribution in [3.05, 3.63) is 22.6 Å². The van der Waals surface area contributed by atoms with Crippen molar-refractivity contribution < 1.29 is 4.42 Å². The third-order valence-corrected chi connectivity index (χ3v) is 2.79. The normalized spacial score (nSPS) is 27.2. The summed E-state index contributed by atoms with van der Waals surface area (Å²) >= 11 is 3.27. The summed E-state index contributed by atoms with van der Waals surface area (Å²) in [5.74, 6) is 0.965. The summed E-state index contributed by atoms with van der Waals surface area (Å²) in [5, 5.41) is 3.38. The number of nitrogens with one attached hydrogen (secondary N) is 1. The zero-order chi connectivity index (χ0) is 9.26. The molecule has 2 rings (SSSR count). The highest BCUT2D eigenvalue weighted by Crippen LogP contribution is 2.19. The maximum absolute atomic E-state index is 5.67. The molecule has 1 saturated carbocycles. The molecular formula is C9H13BrN2O. The number of furan rings is 1. The standard InChI is InChI=1S/C9H13BrN2O/c10-9-2-1-8(13-9)5-12-7-3-6(11)4-7/h1-2,6-7,12H,3-5,11H2. The molecule has 0 aromatic carbocycles. The van der Waals surface area contributed by atoms with Crippen molar-refractivity contribution in [1.29, 1.82) is 0 Å². The summed E-state index contributed by atoms with van der Waals surface area (Å²) in [6, 6.07) is 4.86. The van der Waals surface area contributed by atoms with E-state index in [1.165, 1.54) is 0 Å². The number of hydrogen-bond donors (Lipinski definition) is 2. The average Bonchev–Trinajstić information content (AvgIpc) is 2.43. The summed E-state index contributed by atoms with van der Waals surface area (Å²) in [4.78, 5) is 0. The van der Waals surface area contributed by atoms with Crippen molar-refractivity contribution in [2.45, 2.75) is 31.5 Å². The Bertz CT molecular complexity index is 281. The Morgan fingerprint density at radius 1 is 1.54 bits per heavy atom. The Balaban J connectivity index is 1.74. The largest absolute Gasteiger partial charge is 0.453 e. The van der Waals surface area contributed by atoms with E-state index >= 15 is 0 Å². The van der Waals surface area contributed by atoms with Gasteiger partial charge < -0.3 is 15.5 Å². The zero-order valence-electron chi connectivity index (χ0n) is 7.29. The van der Waals surface area contributed by atoms with Gasteiger partial charge in [-0.05, 0) is 40.9 Å². The van der Waals surface area contributed by atoms with Crippen LogP contribution in [-0.4, -0.2) is 12.1 Å². The summed E-state index contributed by atoms with van der Waals surface area (Å²) in [7, 11) is 0. The fourth-order valence-corrected chi connectivity index (χ4v) is 1.86. The van der Waals surface area contributed by atoms with E-state index < -0.39 is 0 Å². The van der Waals surface area contributed by atoms with Crippen molar-refractivity contribution in [3.63, 3.8) is 0 Å².